The van der Waals surface area contributed by atoms with E-state index in [-0.39, 0.29) is 18.7 Å². The molecule has 0 aliphatic rings. The van der Waals surface area contributed by atoms with E-state index in [9.17, 15) is 14.7 Å². The fourth-order valence-corrected chi connectivity index (χ4v) is 4.29. The quantitative estimate of drug-likeness (QED) is 0.347. The van der Waals surface area contributed by atoms with Crippen LogP contribution >= 0.6 is 11.8 Å². The van der Waals surface area contributed by atoms with Crippen LogP contribution in [-0.2, 0) is 20.0 Å². The molecule has 1 aromatic carbocycles. The molecule has 0 unspecified atom stereocenters. The molecule has 8 nitrogen and oxygen atoms in total. The van der Waals surface area contributed by atoms with Gasteiger partial charge in [0.15, 0.2) is 16.3 Å². The number of nitrogens with one attached hydrogen (secondary N) is 1. The first kappa shape index (κ1) is 23.1. The summed E-state index contributed by atoms with van der Waals surface area (Å²) in [4.78, 5) is 31.4. The number of aliphatic hydroxyl groups is 1. The van der Waals surface area contributed by atoms with Gasteiger partial charge in [-0.05, 0) is 30.5 Å². The molecule has 2 N–H and O–H groups in total. The second kappa shape index (κ2) is 10.7. The topological polar surface area (TPSA) is 102 Å². The number of H-pyrrole nitrogens is 1. The predicted molar refractivity (Wildman–Crippen MR) is 123 cm³/mol. The zero-order valence-electron chi connectivity index (χ0n) is 18.3. The zero-order valence-corrected chi connectivity index (χ0v) is 19.1. The van der Waals surface area contributed by atoms with Crippen molar-refractivity contribution in [2.24, 2.45) is 7.05 Å². The Morgan fingerprint density at radius 3 is 2.61 bits per heavy atom. The molecule has 0 radical (unpaired) electrons. The number of benzene rings is 1. The minimum Gasteiger partial charge on any atom is -0.491 e. The predicted octanol–water partition coefficient (Wildman–Crippen LogP) is 2.71. The number of aliphatic hydroxyl groups excluding tert-OH is 1. The van der Waals surface area contributed by atoms with Crippen molar-refractivity contribution in [3.63, 3.8) is 0 Å². The Hall–Kier alpha value is -2.52. The number of aromatic nitrogens is 4. The van der Waals surface area contributed by atoms with Crippen LogP contribution in [0.3, 0.4) is 0 Å². The van der Waals surface area contributed by atoms with Gasteiger partial charge in [-0.2, -0.15) is 0 Å². The molecule has 0 aliphatic heterocycles. The number of aromatic amines is 1. The van der Waals surface area contributed by atoms with Crippen LogP contribution in [-0.4, -0.2) is 42.7 Å². The van der Waals surface area contributed by atoms with E-state index in [0.717, 1.165) is 31.4 Å². The lowest BCUT2D eigenvalue weighted by Gasteiger charge is -2.15. The van der Waals surface area contributed by atoms with Gasteiger partial charge in [-0.3, -0.25) is 14.3 Å². The fraction of sp³-hybridized carbons (Fsp3) is 0.500. The summed E-state index contributed by atoms with van der Waals surface area (Å²) in [6, 6.07) is 7.76. The second-order valence-electron chi connectivity index (χ2n) is 7.51. The number of hydrogen-bond donors (Lipinski definition) is 2. The largest absolute Gasteiger partial charge is 0.491 e. The first-order valence-electron chi connectivity index (χ1n) is 10.7. The lowest BCUT2D eigenvalue weighted by atomic mass is 10.2. The van der Waals surface area contributed by atoms with E-state index >= 15 is 0 Å². The van der Waals surface area contributed by atoms with Crippen molar-refractivity contribution >= 4 is 22.9 Å². The van der Waals surface area contributed by atoms with Crippen LogP contribution in [0, 0.1) is 0 Å². The highest BCUT2D eigenvalue weighted by molar-refractivity contribution is 7.99. The van der Waals surface area contributed by atoms with Crippen molar-refractivity contribution in [2.45, 2.75) is 57.3 Å². The third kappa shape index (κ3) is 5.59. The molecule has 0 saturated heterocycles. The van der Waals surface area contributed by atoms with Gasteiger partial charge >= 0.3 is 5.69 Å². The van der Waals surface area contributed by atoms with Crippen LogP contribution in [0.1, 0.15) is 38.7 Å². The number of imidazole rings is 1. The first-order chi connectivity index (χ1) is 14.9. The minimum atomic E-state index is -0.852. The van der Waals surface area contributed by atoms with Crippen molar-refractivity contribution in [3.05, 3.63) is 50.7 Å². The second-order valence-corrected chi connectivity index (χ2v) is 8.58. The van der Waals surface area contributed by atoms with Crippen LogP contribution in [0.5, 0.6) is 5.75 Å². The van der Waals surface area contributed by atoms with Crippen molar-refractivity contribution in [3.8, 4) is 5.75 Å². The molecule has 0 fully saturated rings. The van der Waals surface area contributed by atoms with Crippen molar-refractivity contribution in [1.82, 2.24) is 19.1 Å². The summed E-state index contributed by atoms with van der Waals surface area (Å²) in [6.45, 7) is 4.45. The molecule has 2 heterocycles. The Balaban J connectivity index is 1.81. The molecule has 3 aromatic rings. The van der Waals surface area contributed by atoms with Gasteiger partial charge in [-0.15, -0.1) is 0 Å². The molecule has 0 saturated carbocycles. The Bertz CT molecular complexity index is 1120. The summed E-state index contributed by atoms with van der Waals surface area (Å²) in [5.41, 5.74) is 0.798. The average molecular weight is 447 g/mol. The van der Waals surface area contributed by atoms with Gasteiger partial charge < -0.3 is 14.4 Å². The molecule has 31 heavy (non-hydrogen) atoms. The third-order valence-corrected chi connectivity index (χ3v) is 6.18. The number of aryl methyl sites for hydroxylation is 2. The van der Waals surface area contributed by atoms with Gasteiger partial charge in [0.25, 0.3) is 5.56 Å². The molecular formula is C22H30N4O4S. The molecule has 0 spiro atoms. The molecule has 9 heteroatoms. The van der Waals surface area contributed by atoms with E-state index in [1.165, 1.54) is 21.9 Å². The number of thioether (sulfide) groups is 1. The minimum absolute atomic E-state index is 0.0781. The van der Waals surface area contributed by atoms with Gasteiger partial charge in [0.05, 0.1) is 6.54 Å². The molecular weight excluding hydrogens is 416 g/mol. The van der Waals surface area contributed by atoms with Gasteiger partial charge in [-0.1, -0.05) is 50.6 Å². The fourth-order valence-electron chi connectivity index (χ4n) is 3.29. The third-order valence-electron chi connectivity index (χ3n) is 5.12. The SMILES string of the molecule is CCCCCSc1nc2c(c(=O)[nH]c(=O)n2C)n1C[C@@H](O)COc1ccc(CC)cc1. The van der Waals surface area contributed by atoms with Crippen LogP contribution in [0.2, 0.25) is 0 Å². The van der Waals surface area contributed by atoms with Gasteiger partial charge in [0.1, 0.15) is 18.5 Å². The maximum Gasteiger partial charge on any atom is 0.329 e. The molecule has 3 rings (SSSR count). The molecule has 2 aromatic heterocycles. The lowest BCUT2D eigenvalue weighted by Crippen LogP contribution is -2.30. The summed E-state index contributed by atoms with van der Waals surface area (Å²) in [5.74, 6) is 1.53. The smallest absolute Gasteiger partial charge is 0.329 e. The van der Waals surface area contributed by atoms with E-state index in [1.54, 1.807) is 11.6 Å². The Morgan fingerprint density at radius 2 is 1.94 bits per heavy atom. The van der Waals surface area contributed by atoms with E-state index in [1.807, 2.05) is 24.3 Å². The summed E-state index contributed by atoms with van der Waals surface area (Å²) in [6.07, 6.45) is 3.35. The summed E-state index contributed by atoms with van der Waals surface area (Å²) in [5, 5.41) is 11.2. The maximum atomic E-state index is 12.5. The van der Waals surface area contributed by atoms with Crippen molar-refractivity contribution in [1.29, 1.82) is 0 Å². The normalized spacial score (nSPS) is 12.4. The highest BCUT2D eigenvalue weighted by Gasteiger charge is 2.20. The van der Waals surface area contributed by atoms with E-state index in [4.69, 9.17) is 4.74 Å². The Kier molecular flexibility index (Phi) is 7.97. The van der Waals surface area contributed by atoms with Gasteiger partial charge in [0, 0.05) is 12.8 Å². The number of nitrogens with zero attached hydrogens (tertiary/aromatic N) is 3. The molecule has 0 amide bonds. The average Bonchev–Trinajstić information content (AvgIpc) is 3.12. The molecule has 168 valence electrons. The first-order valence-corrected chi connectivity index (χ1v) is 11.6. The summed E-state index contributed by atoms with van der Waals surface area (Å²) >= 11 is 1.53. The Morgan fingerprint density at radius 1 is 1.19 bits per heavy atom. The van der Waals surface area contributed by atoms with Crippen molar-refractivity contribution in [2.75, 3.05) is 12.4 Å². The van der Waals surface area contributed by atoms with E-state index < -0.39 is 17.4 Å². The van der Waals surface area contributed by atoms with Crippen LogP contribution in [0.15, 0.2) is 39.0 Å². The zero-order chi connectivity index (χ0) is 22.4. The van der Waals surface area contributed by atoms with E-state index in [2.05, 4.69) is 23.8 Å². The monoisotopic (exact) mass is 446 g/mol. The molecule has 0 aliphatic carbocycles. The van der Waals surface area contributed by atoms with Crippen LogP contribution < -0.4 is 16.0 Å². The number of hydrogen-bond acceptors (Lipinski definition) is 6. The lowest BCUT2D eigenvalue weighted by molar-refractivity contribution is 0.0913. The number of rotatable bonds is 11. The number of ether oxygens (including phenoxy) is 1. The molecule has 0 bridgehead atoms. The van der Waals surface area contributed by atoms with Crippen LogP contribution in [0.4, 0.5) is 0 Å². The highest BCUT2D eigenvalue weighted by Crippen LogP contribution is 2.23. The summed E-state index contributed by atoms with van der Waals surface area (Å²) in [7, 11) is 1.57. The van der Waals surface area contributed by atoms with Gasteiger partial charge in [-0.25, -0.2) is 9.78 Å². The highest BCUT2D eigenvalue weighted by atomic mass is 32.2. The van der Waals surface area contributed by atoms with Crippen LogP contribution in [0.25, 0.3) is 11.2 Å². The molecule has 1 atom stereocenters. The van der Waals surface area contributed by atoms with E-state index in [0.29, 0.717) is 16.6 Å². The van der Waals surface area contributed by atoms with Gasteiger partial charge in [0.2, 0.25) is 0 Å². The van der Waals surface area contributed by atoms with Crippen molar-refractivity contribution < 1.29 is 9.84 Å². The summed E-state index contributed by atoms with van der Waals surface area (Å²) < 4.78 is 8.74. The number of unbranched alkanes of at least 4 members (excludes halogenated alkanes) is 2. The maximum absolute atomic E-state index is 12.5. The standard InChI is InChI=1S/C22H30N4O4S/c1-4-6-7-12-31-22-23-19-18(20(28)24-21(29)25(19)3)26(22)13-16(27)14-30-17-10-8-15(5-2)9-11-17/h8-11,16,27H,4-7,12-14H2,1-3H3,(H,24,28,29)/t16-/m1/s1. The Labute approximate surface area is 185 Å². The number of fused-ring (bicyclic) bond motifs is 1.